The Balaban J connectivity index is 1.45. The Morgan fingerprint density at radius 3 is 2.44 bits per heavy atom. The molecule has 0 bridgehead atoms. The van der Waals surface area contributed by atoms with Crippen molar-refractivity contribution in [2.45, 2.75) is 44.6 Å². The summed E-state index contributed by atoms with van der Waals surface area (Å²) in [6, 6.07) is 11.0. The van der Waals surface area contributed by atoms with Gasteiger partial charge in [-0.1, -0.05) is 11.6 Å². The van der Waals surface area contributed by atoms with Gasteiger partial charge in [-0.3, -0.25) is 4.57 Å². The molecule has 1 aliphatic carbocycles. The summed E-state index contributed by atoms with van der Waals surface area (Å²) in [7, 11) is 0. The van der Waals surface area contributed by atoms with Crippen LogP contribution in [0.1, 0.15) is 43.3 Å². The van der Waals surface area contributed by atoms with Gasteiger partial charge in [0, 0.05) is 22.7 Å². The molecule has 1 fully saturated rings. The Bertz CT molecular complexity index is 901. The van der Waals surface area contributed by atoms with Crippen LogP contribution in [0.5, 0.6) is 11.6 Å². The van der Waals surface area contributed by atoms with Crippen molar-refractivity contribution in [3.63, 3.8) is 0 Å². The van der Waals surface area contributed by atoms with E-state index in [9.17, 15) is 5.11 Å². The fraction of sp³-hybridized carbons (Fsp3) is 0.350. The highest BCUT2D eigenvalue weighted by Crippen LogP contribution is 2.35. The van der Waals surface area contributed by atoms with E-state index in [4.69, 9.17) is 16.3 Å². The van der Waals surface area contributed by atoms with E-state index in [1.807, 2.05) is 31.2 Å². The molecule has 0 aliphatic heterocycles. The van der Waals surface area contributed by atoms with Crippen molar-refractivity contribution in [2.75, 3.05) is 0 Å². The summed E-state index contributed by atoms with van der Waals surface area (Å²) in [4.78, 5) is 4.10. The van der Waals surface area contributed by atoms with Gasteiger partial charge in [-0.15, -0.1) is 10.2 Å². The molecule has 0 atom stereocenters. The summed E-state index contributed by atoms with van der Waals surface area (Å²) in [5.74, 6) is 2.91. The van der Waals surface area contributed by atoms with Gasteiger partial charge in [0.15, 0.2) is 0 Å². The van der Waals surface area contributed by atoms with Crippen molar-refractivity contribution in [3.8, 4) is 17.3 Å². The third kappa shape index (κ3) is 3.90. The SMILES string of the molecule is Cc1nnc([C@H]2CC[C@H](Oc3ccc(O)cn3)CC2)n1-c1ccc(Cl)cc1. The van der Waals surface area contributed by atoms with Gasteiger partial charge in [-0.2, -0.15) is 0 Å². The standard InChI is InChI=1S/C20H21ClN4O2/c1-13-23-24-20(25(13)16-6-4-15(21)5-7-16)14-2-9-18(10-3-14)27-19-11-8-17(26)12-22-19/h4-8,11-12,14,18,26H,2-3,9-10H2,1H3/t14-,18-. The lowest BCUT2D eigenvalue weighted by Gasteiger charge is -2.28. The fourth-order valence-electron chi connectivity index (χ4n) is 3.60. The predicted octanol–water partition coefficient (Wildman–Crippen LogP) is 4.43. The van der Waals surface area contributed by atoms with Gasteiger partial charge in [0.05, 0.1) is 6.20 Å². The van der Waals surface area contributed by atoms with Crippen molar-refractivity contribution in [1.29, 1.82) is 0 Å². The van der Waals surface area contributed by atoms with Crippen LogP contribution in [0.2, 0.25) is 5.02 Å². The van der Waals surface area contributed by atoms with Crippen LogP contribution in [0.4, 0.5) is 0 Å². The number of rotatable bonds is 4. The van der Waals surface area contributed by atoms with Crippen LogP contribution in [0.25, 0.3) is 5.69 Å². The van der Waals surface area contributed by atoms with Crippen molar-refractivity contribution >= 4 is 11.6 Å². The van der Waals surface area contributed by atoms with Crippen LogP contribution in [-0.4, -0.2) is 31.0 Å². The molecule has 1 aliphatic rings. The second-order valence-corrected chi connectivity index (χ2v) is 7.30. The van der Waals surface area contributed by atoms with Gasteiger partial charge in [-0.05, 0) is 62.9 Å². The van der Waals surface area contributed by atoms with Gasteiger partial charge >= 0.3 is 0 Å². The quantitative estimate of drug-likeness (QED) is 0.720. The minimum Gasteiger partial charge on any atom is -0.506 e. The number of aromatic hydroxyl groups is 1. The minimum atomic E-state index is 0.131. The first-order chi connectivity index (χ1) is 13.1. The van der Waals surface area contributed by atoms with E-state index >= 15 is 0 Å². The lowest BCUT2D eigenvalue weighted by Crippen LogP contribution is -2.25. The van der Waals surface area contributed by atoms with Crippen LogP contribution < -0.4 is 4.74 Å². The summed E-state index contributed by atoms with van der Waals surface area (Å²) in [6.07, 6.45) is 5.35. The first-order valence-electron chi connectivity index (χ1n) is 9.09. The molecule has 2 heterocycles. The molecule has 0 amide bonds. The number of halogens is 1. The Kier molecular flexibility index (Phi) is 4.99. The molecule has 27 heavy (non-hydrogen) atoms. The molecule has 0 unspecified atom stereocenters. The third-order valence-electron chi connectivity index (χ3n) is 4.98. The zero-order chi connectivity index (χ0) is 18.8. The van der Waals surface area contributed by atoms with E-state index in [1.54, 1.807) is 12.1 Å². The summed E-state index contributed by atoms with van der Waals surface area (Å²) in [5.41, 5.74) is 1.03. The monoisotopic (exact) mass is 384 g/mol. The molecule has 1 aromatic carbocycles. The van der Waals surface area contributed by atoms with Gasteiger partial charge < -0.3 is 9.84 Å². The van der Waals surface area contributed by atoms with E-state index in [2.05, 4.69) is 19.7 Å². The van der Waals surface area contributed by atoms with Crippen LogP contribution in [-0.2, 0) is 0 Å². The molecule has 0 saturated heterocycles. The maximum atomic E-state index is 9.32. The zero-order valence-electron chi connectivity index (χ0n) is 15.0. The number of aromatic nitrogens is 4. The Labute approximate surface area is 162 Å². The number of ether oxygens (including phenoxy) is 1. The van der Waals surface area contributed by atoms with E-state index in [0.717, 1.165) is 43.0 Å². The number of hydrogen-bond donors (Lipinski definition) is 1. The lowest BCUT2D eigenvalue weighted by molar-refractivity contribution is 0.138. The molecule has 140 valence electrons. The molecule has 0 radical (unpaired) electrons. The van der Waals surface area contributed by atoms with Gasteiger partial charge in [0.2, 0.25) is 5.88 Å². The summed E-state index contributed by atoms with van der Waals surface area (Å²) in [6.45, 7) is 1.97. The highest BCUT2D eigenvalue weighted by Gasteiger charge is 2.28. The molecule has 7 heteroatoms. The predicted molar refractivity (Wildman–Crippen MR) is 103 cm³/mol. The number of nitrogens with zero attached hydrogens (tertiary/aromatic N) is 4. The van der Waals surface area contributed by atoms with E-state index in [0.29, 0.717) is 16.8 Å². The van der Waals surface area contributed by atoms with E-state index in [-0.39, 0.29) is 11.9 Å². The van der Waals surface area contributed by atoms with Gasteiger partial charge in [0.25, 0.3) is 0 Å². The Morgan fingerprint density at radius 1 is 1.04 bits per heavy atom. The minimum absolute atomic E-state index is 0.131. The van der Waals surface area contributed by atoms with Gasteiger partial charge in [-0.25, -0.2) is 4.98 Å². The first-order valence-corrected chi connectivity index (χ1v) is 9.47. The number of pyridine rings is 1. The maximum Gasteiger partial charge on any atom is 0.213 e. The highest BCUT2D eigenvalue weighted by molar-refractivity contribution is 6.30. The Hall–Kier alpha value is -2.60. The molecule has 0 spiro atoms. The van der Waals surface area contributed by atoms with Crippen molar-refractivity contribution in [2.24, 2.45) is 0 Å². The fourth-order valence-corrected chi connectivity index (χ4v) is 3.73. The molecule has 4 rings (SSSR count). The molecule has 1 N–H and O–H groups in total. The van der Waals surface area contributed by atoms with Crippen LogP contribution in [0.3, 0.4) is 0 Å². The topological polar surface area (TPSA) is 73.1 Å². The summed E-state index contributed by atoms with van der Waals surface area (Å²) in [5, 5.41) is 18.8. The largest absolute Gasteiger partial charge is 0.506 e. The van der Waals surface area contributed by atoms with E-state index in [1.165, 1.54) is 6.20 Å². The molecular weight excluding hydrogens is 364 g/mol. The van der Waals surface area contributed by atoms with Crippen LogP contribution >= 0.6 is 11.6 Å². The average Bonchev–Trinajstić information content (AvgIpc) is 3.06. The third-order valence-corrected chi connectivity index (χ3v) is 5.23. The maximum absolute atomic E-state index is 9.32. The zero-order valence-corrected chi connectivity index (χ0v) is 15.8. The van der Waals surface area contributed by atoms with E-state index < -0.39 is 0 Å². The first kappa shape index (κ1) is 17.8. The molecule has 3 aromatic rings. The average molecular weight is 385 g/mol. The van der Waals surface area contributed by atoms with Crippen molar-refractivity contribution < 1.29 is 9.84 Å². The van der Waals surface area contributed by atoms with Crippen molar-refractivity contribution in [3.05, 3.63) is 59.3 Å². The summed E-state index contributed by atoms with van der Waals surface area (Å²) >= 11 is 6.02. The second kappa shape index (κ2) is 7.56. The Morgan fingerprint density at radius 2 is 1.78 bits per heavy atom. The molecule has 1 saturated carbocycles. The van der Waals surface area contributed by atoms with Crippen LogP contribution in [0.15, 0.2) is 42.6 Å². The second-order valence-electron chi connectivity index (χ2n) is 6.86. The molecular formula is C20H21ClN4O2. The van der Waals surface area contributed by atoms with Gasteiger partial charge in [0.1, 0.15) is 23.5 Å². The lowest BCUT2D eigenvalue weighted by atomic mass is 9.86. The molecule has 2 aromatic heterocycles. The number of benzene rings is 1. The normalized spacial score (nSPS) is 19.8. The number of hydrogen-bond acceptors (Lipinski definition) is 5. The highest BCUT2D eigenvalue weighted by atomic mass is 35.5. The van der Waals surface area contributed by atoms with Crippen molar-refractivity contribution in [1.82, 2.24) is 19.7 Å². The molecule has 6 nitrogen and oxygen atoms in total. The smallest absolute Gasteiger partial charge is 0.213 e. The number of aryl methyl sites for hydroxylation is 1. The summed E-state index contributed by atoms with van der Waals surface area (Å²) < 4.78 is 8.06. The van der Waals surface area contributed by atoms with Crippen LogP contribution in [0, 0.1) is 6.92 Å².